The van der Waals surface area contributed by atoms with Gasteiger partial charge in [-0.1, -0.05) is 23.7 Å². The standard InChI is InChI=1S/C26H25ClN2O4/c1-16-7-6-8-19(13-16)29-26(18-10-12-21(31-3)23(15-18)33-5)24(27)25(28-29)17-9-11-20(30-2)22(14-17)32-4/h6-15H,1-5H3. The van der Waals surface area contributed by atoms with E-state index in [2.05, 4.69) is 6.07 Å². The average molecular weight is 465 g/mol. The maximum atomic E-state index is 7.00. The third-order valence-corrected chi connectivity index (χ3v) is 5.75. The average Bonchev–Trinajstić information content (AvgIpc) is 3.20. The van der Waals surface area contributed by atoms with Gasteiger partial charge >= 0.3 is 0 Å². The summed E-state index contributed by atoms with van der Waals surface area (Å²) < 4.78 is 23.6. The van der Waals surface area contributed by atoms with E-state index in [0.29, 0.717) is 33.7 Å². The molecule has 0 spiro atoms. The van der Waals surface area contributed by atoms with Crippen molar-refractivity contribution in [1.82, 2.24) is 9.78 Å². The van der Waals surface area contributed by atoms with Gasteiger partial charge in [0.15, 0.2) is 23.0 Å². The van der Waals surface area contributed by atoms with Crippen LogP contribution in [0.15, 0.2) is 60.7 Å². The summed E-state index contributed by atoms with van der Waals surface area (Å²) in [4.78, 5) is 0. The third-order valence-electron chi connectivity index (χ3n) is 5.39. The monoisotopic (exact) mass is 464 g/mol. The highest BCUT2D eigenvalue weighted by atomic mass is 35.5. The molecule has 0 bridgehead atoms. The molecule has 0 amide bonds. The van der Waals surface area contributed by atoms with Crippen molar-refractivity contribution in [3.05, 3.63) is 71.2 Å². The summed E-state index contributed by atoms with van der Waals surface area (Å²) in [5, 5.41) is 5.42. The second kappa shape index (κ2) is 9.46. The normalized spacial score (nSPS) is 10.7. The first-order valence-corrected chi connectivity index (χ1v) is 10.7. The number of aromatic nitrogens is 2. The largest absolute Gasteiger partial charge is 0.493 e. The summed E-state index contributed by atoms with van der Waals surface area (Å²) in [6.07, 6.45) is 0. The molecule has 33 heavy (non-hydrogen) atoms. The Bertz CT molecular complexity index is 1300. The van der Waals surface area contributed by atoms with E-state index < -0.39 is 0 Å². The molecule has 0 saturated carbocycles. The highest BCUT2D eigenvalue weighted by molar-refractivity contribution is 6.35. The summed E-state index contributed by atoms with van der Waals surface area (Å²) >= 11 is 7.00. The summed E-state index contributed by atoms with van der Waals surface area (Å²) in [5.41, 5.74) is 5.04. The number of nitrogens with zero attached hydrogens (tertiary/aromatic N) is 2. The molecule has 0 N–H and O–H groups in total. The number of ether oxygens (including phenoxy) is 4. The van der Waals surface area contributed by atoms with Gasteiger partial charge in [-0.05, 0) is 61.0 Å². The maximum Gasteiger partial charge on any atom is 0.161 e. The molecular formula is C26H25ClN2O4. The quantitative estimate of drug-likeness (QED) is 0.326. The van der Waals surface area contributed by atoms with Gasteiger partial charge in [0.2, 0.25) is 0 Å². The predicted octanol–water partition coefficient (Wildman–Crippen LogP) is 6.20. The Labute approximate surface area is 198 Å². The van der Waals surface area contributed by atoms with Crippen molar-refractivity contribution < 1.29 is 18.9 Å². The van der Waals surface area contributed by atoms with Gasteiger partial charge in [0.05, 0.1) is 44.8 Å². The lowest BCUT2D eigenvalue weighted by molar-refractivity contribution is 0.355. The van der Waals surface area contributed by atoms with Gasteiger partial charge in [-0.25, -0.2) is 4.68 Å². The van der Waals surface area contributed by atoms with Crippen molar-refractivity contribution in [2.24, 2.45) is 0 Å². The molecule has 4 rings (SSSR count). The Kier molecular flexibility index (Phi) is 6.47. The lowest BCUT2D eigenvalue weighted by Gasteiger charge is -2.12. The van der Waals surface area contributed by atoms with Crippen LogP contribution in [0.2, 0.25) is 5.02 Å². The zero-order chi connectivity index (χ0) is 23.5. The minimum absolute atomic E-state index is 0.510. The van der Waals surface area contributed by atoms with Crippen LogP contribution in [0, 0.1) is 6.92 Å². The van der Waals surface area contributed by atoms with Crippen LogP contribution in [0.5, 0.6) is 23.0 Å². The second-order valence-electron chi connectivity index (χ2n) is 7.40. The number of halogens is 1. The van der Waals surface area contributed by atoms with Crippen LogP contribution in [0.3, 0.4) is 0 Å². The molecule has 0 unspecified atom stereocenters. The zero-order valence-electron chi connectivity index (χ0n) is 19.2. The Morgan fingerprint density at radius 3 is 1.85 bits per heavy atom. The van der Waals surface area contributed by atoms with E-state index in [1.807, 2.05) is 66.2 Å². The number of aryl methyl sites for hydroxylation is 1. The molecule has 1 aromatic heterocycles. The van der Waals surface area contributed by atoms with Crippen molar-refractivity contribution in [3.63, 3.8) is 0 Å². The first-order chi connectivity index (χ1) is 16.0. The molecule has 3 aromatic carbocycles. The van der Waals surface area contributed by atoms with Crippen LogP contribution in [0.4, 0.5) is 0 Å². The molecule has 0 saturated heterocycles. The molecule has 0 atom stereocenters. The molecule has 0 aliphatic carbocycles. The van der Waals surface area contributed by atoms with Gasteiger partial charge in [-0.15, -0.1) is 0 Å². The van der Waals surface area contributed by atoms with Gasteiger partial charge in [-0.2, -0.15) is 5.10 Å². The van der Waals surface area contributed by atoms with Crippen LogP contribution in [0.1, 0.15) is 5.56 Å². The van der Waals surface area contributed by atoms with Gasteiger partial charge < -0.3 is 18.9 Å². The van der Waals surface area contributed by atoms with Crippen LogP contribution >= 0.6 is 11.6 Å². The van der Waals surface area contributed by atoms with Crippen molar-refractivity contribution in [2.75, 3.05) is 28.4 Å². The third kappa shape index (κ3) is 4.22. The lowest BCUT2D eigenvalue weighted by Crippen LogP contribution is -2.00. The topological polar surface area (TPSA) is 54.7 Å². The minimum Gasteiger partial charge on any atom is -0.493 e. The fourth-order valence-corrected chi connectivity index (χ4v) is 4.08. The van der Waals surface area contributed by atoms with Crippen LogP contribution < -0.4 is 18.9 Å². The van der Waals surface area contributed by atoms with Gasteiger partial charge in [-0.3, -0.25) is 0 Å². The lowest BCUT2D eigenvalue weighted by atomic mass is 10.1. The first-order valence-electron chi connectivity index (χ1n) is 10.3. The molecule has 6 nitrogen and oxygen atoms in total. The van der Waals surface area contributed by atoms with E-state index in [1.165, 1.54) is 0 Å². The first kappa shape index (κ1) is 22.6. The fraction of sp³-hybridized carbons (Fsp3) is 0.192. The smallest absolute Gasteiger partial charge is 0.161 e. The van der Waals surface area contributed by atoms with E-state index in [1.54, 1.807) is 28.4 Å². The molecule has 0 radical (unpaired) electrons. The molecule has 0 aliphatic heterocycles. The number of hydrogen-bond acceptors (Lipinski definition) is 5. The summed E-state index contributed by atoms with van der Waals surface area (Å²) in [7, 11) is 6.42. The molecule has 1 heterocycles. The van der Waals surface area contributed by atoms with Crippen molar-refractivity contribution in [2.45, 2.75) is 6.92 Å². The molecule has 7 heteroatoms. The van der Waals surface area contributed by atoms with E-state index in [9.17, 15) is 0 Å². The molecule has 0 fully saturated rings. The second-order valence-corrected chi connectivity index (χ2v) is 7.78. The predicted molar refractivity (Wildman–Crippen MR) is 130 cm³/mol. The highest BCUT2D eigenvalue weighted by Crippen LogP contribution is 2.42. The number of hydrogen-bond donors (Lipinski definition) is 0. The Hall–Kier alpha value is -3.64. The van der Waals surface area contributed by atoms with Gasteiger partial charge in [0.1, 0.15) is 5.69 Å². The SMILES string of the molecule is COc1ccc(-c2nn(-c3cccc(C)c3)c(-c3ccc(OC)c(OC)c3)c2Cl)cc1OC. The van der Waals surface area contributed by atoms with Gasteiger partial charge in [0, 0.05) is 11.1 Å². The van der Waals surface area contributed by atoms with E-state index >= 15 is 0 Å². The van der Waals surface area contributed by atoms with Crippen molar-refractivity contribution in [3.8, 4) is 51.2 Å². The van der Waals surface area contributed by atoms with Crippen LogP contribution in [-0.4, -0.2) is 38.2 Å². The van der Waals surface area contributed by atoms with Crippen molar-refractivity contribution >= 4 is 11.6 Å². The fourth-order valence-electron chi connectivity index (χ4n) is 3.75. The number of methoxy groups -OCH3 is 4. The molecule has 170 valence electrons. The van der Waals surface area contributed by atoms with E-state index in [0.717, 1.165) is 28.1 Å². The van der Waals surface area contributed by atoms with E-state index in [4.69, 9.17) is 35.6 Å². The maximum absolute atomic E-state index is 7.00. The molecular weight excluding hydrogens is 440 g/mol. The minimum atomic E-state index is 0.510. The van der Waals surface area contributed by atoms with E-state index in [-0.39, 0.29) is 0 Å². The Balaban J connectivity index is 1.97. The zero-order valence-corrected chi connectivity index (χ0v) is 19.9. The molecule has 0 aliphatic rings. The van der Waals surface area contributed by atoms with Crippen LogP contribution in [0.25, 0.3) is 28.2 Å². The number of rotatable bonds is 7. The Morgan fingerprint density at radius 2 is 1.27 bits per heavy atom. The number of benzene rings is 3. The van der Waals surface area contributed by atoms with Crippen molar-refractivity contribution in [1.29, 1.82) is 0 Å². The van der Waals surface area contributed by atoms with Crippen LogP contribution in [-0.2, 0) is 0 Å². The summed E-state index contributed by atoms with van der Waals surface area (Å²) in [6.45, 7) is 2.04. The summed E-state index contributed by atoms with van der Waals surface area (Å²) in [5.74, 6) is 2.48. The Morgan fingerprint density at radius 1 is 0.697 bits per heavy atom. The highest BCUT2D eigenvalue weighted by Gasteiger charge is 2.22. The molecule has 4 aromatic rings. The van der Waals surface area contributed by atoms with Gasteiger partial charge in [0.25, 0.3) is 0 Å². The summed E-state index contributed by atoms with van der Waals surface area (Å²) in [6, 6.07) is 19.4.